The van der Waals surface area contributed by atoms with Crippen molar-refractivity contribution in [3.63, 3.8) is 0 Å². The van der Waals surface area contributed by atoms with Gasteiger partial charge in [-0.05, 0) is 48.9 Å². The Morgan fingerprint density at radius 2 is 1.64 bits per heavy atom. The van der Waals surface area contributed by atoms with E-state index in [1.807, 2.05) is 0 Å². The van der Waals surface area contributed by atoms with Crippen LogP contribution < -0.4 is 0 Å². The van der Waals surface area contributed by atoms with E-state index in [0.717, 1.165) is 39.8 Å². The van der Waals surface area contributed by atoms with E-state index in [2.05, 4.69) is 10.1 Å². The summed E-state index contributed by atoms with van der Waals surface area (Å²) in [4.78, 5) is 3.67. The van der Waals surface area contributed by atoms with Gasteiger partial charge in [0, 0.05) is 13.1 Å². The second-order valence-electron chi connectivity index (χ2n) is 6.15. The molecule has 1 heterocycles. The highest BCUT2D eigenvalue weighted by Crippen LogP contribution is 2.31. The van der Waals surface area contributed by atoms with Gasteiger partial charge in [0.15, 0.2) is 0 Å². The Morgan fingerprint density at radius 3 is 2.14 bits per heavy atom. The van der Waals surface area contributed by atoms with Crippen LogP contribution in [0.1, 0.15) is 24.1 Å². The van der Waals surface area contributed by atoms with Crippen LogP contribution >= 0.6 is 0 Å². The molecule has 0 N–H and O–H groups in total. The third-order valence-corrected chi connectivity index (χ3v) is 6.41. The van der Waals surface area contributed by atoms with Crippen LogP contribution in [0.2, 0.25) is 0 Å². The molecular formula is C18H17F3N4O2S. The number of aromatic nitrogens is 3. The molecule has 148 valence electrons. The maximum absolute atomic E-state index is 12.8. The van der Waals surface area contributed by atoms with E-state index >= 15 is 0 Å². The number of benzene rings is 2. The third kappa shape index (κ3) is 3.92. The lowest BCUT2D eigenvalue weighted by molar-refractivity contribution is -0.137. The van der Waals surface area contributed by atoms with Crippen molar-refractivity contribution in [1.82, 2.24) is 19.1 Å². The lowest BCUT2D eigenvalue weighted by Crippen LogP contribution is -2.29. The number of halogens is 3. The van der Waals surface area contributed by atoms with Crippen LogP contribution in [0.5, 0.6) is 0 Å². The molecule has 0 saturated carbocycles. The second kappa shape index (κ2) is 7.36. The summed E-state index contributed by atoms with van der Waals surface area (Å²) in [6, 6.07) is 10.0. The summed E-state index contributed by atoms with van der Waals surface area (Å²) in [6.07, 6.45) is -1.58. The normalized spacial score (nSPS) is 13.6. The van der Waals surface area contributed by atoms with Crippen LogP contribution in [0.4, 0.5) is 13.2 Å². The van der Waals surface area contributed by atoms with Crippen molar-refractivity contribution in [3.05, 3.63) is 72.3 Å². The van der Waals surface area contributed by atoms with E-state index in [4.69, 9.17) is 0 Å². The molecular weight excluding hydrogens is 393 g/mol. The number of nitrogens with zero attached hydrogens (tertiary/aromatic N) is 4. The molecule has 0 spiro atoms. The highest BCUT2D eigenvalue weighted by molar-refractivity contribution is 7.89. The zero-order chi connectivity index (χ0) is 20.5. The van der Waals surface area contributed by atoms with Gasteiger partial charge >= 0.3 is 6.18 Å². The fourth-order valence-electron chi connectivity index (χ4n) is 2.65. The van der Waals surface area contributed by atoms with Gasteiger partial charge in [-0.2, -0.15) is 22.6 Å². The van der Waals surface area contributed by atoms with Gasteiger partial charge in [-0.3, -0.25) is 0 Å². The highest BCUT2D eigenvalue weighted by atomic mass is 32.2. The SMILES string of the molecule is C[C@@H](c1ccc(-n2cncn2)cc1)N(C)S(=O)(=O)c1ccc(C(F)(F)F)cc1. The molecule has 10 heteroatoms. The lowest BCUT2D eigenvalue weighted by atomic mass is 10.1. The molecule has 6 nitrogen and oxygen atoms in total. The first-order valence-electron chi connectivity index (χ1n) is 8.21. The second-order valence-corrected chi connectivity index (χ2v) is 8.15. The number of rotatable bonds is 5. The molecule has 0 fully saturated rings. The molecule has 3 rings (SSSR count). The summed E-state index contributed by atoms with van der Waals surface area (Å²) in [7, 11) is -2.57. The van der Waals surface area contributed by atoms with E-state index in [0.29, 0.717) is 0 Å². The average molecular weight is 410 g/mol. The first-order valence-corrected chi connectivity index (χ1v) is 9.65. The summed E-state index contributed by atoms with van der Waals surface area (Å²) in [5.74, 6) is 0. The topological polar surface area (TPSA) is 68.1 Å². The van der Waals surface area contributed by atoms with Crippen LogP contribution in [0.3, 0.4) is 0 Å². The molecule has 2 aromatic carbocycles. The van der Waals surface area contributed by atoms with Crippen molar-refractivity contribution in [2.24, 2.45) is 0 Å². The zero-order valence-corrected chi connectivity index (χ0v) is 15.8. The molecule has 1 atom stereocenters. The molecule has 0 radical (unpaired) electrons. The molecule has 1 aromatic heterocycles. The Kier molecular flexibility index (Phi) is 5.26. The molecule has 0 aliphatic carbocycles. The Hall–Kier alpha value is -2.72. The van der Waals surface area contributed by atoms with Gasteiger partial charge in [0.2, 0.25) is 10.0 Å². The molecule has 0 aliphatic heterocycles. The maximum atomic E-state index is 12.8. The zero-order valence-electron chi connectivity index (χ0n) is 15.0. The number of alkyl halides is 3. The van der Waals surface area contributed by atoms with E-state index in [-0.39, 0.29) is 4.90 Å². The Bertz CT molecular complexity index is 1030. The first kappa shape index (κ1) is 20.0. The maximum Gasteiger partial charge on any atom is 0.416 e. The predicted molar refractivity (Wildman–Crippen MR) is 96.2 cm³/mol. The van der Waals surface area contributed by atoms with Crippen LogP contribution in [0.25, 0.3) is 5.69 Å². The van der Waals surface area contributed by atoms with Gasteiger partial charge in [0.25, 0.3) is 0 Å². The summed E-state index contributed by atoms with van der Waals surface area (Å²) in [6.45, 7) is 1.70. The predicted octanol–water partition coefficient (Wildman–Crippen LogP) is 3.67. The minimum absolute atomic E-state index is 0.200. The van der Waals surface area contributed by atoms with Crippen molar-refractivity contribution in [3.8, 4) is 5.69 Å². The number of sulfonamides is 1. The van der Waals surface area contributed by atoms with Gasteiger partial charge in [-0.25, -0.2) is 18.1 Å². The molecule has 0 bridgehead atoms. The minimum atomic E-state index is -4.52. The smallest absolute Gasteiger partial charge is 0.223 e. The monoisotopic (exact) mass is 410 g/mol. The van der Waals surface area contributed by atoms with Gasteiger partial charge in [0.1, 0.15) is 12.7 Å². The van der Waals surface area contributed by atoms with Crippen molar-refractivity contribution in [2.75, 3.05) is 7.05 Å². The summed E-state index contributed by atoms with van der Waals surface area (Å²) in [5, 5.41) is 4.02. The summed E-state index contributed by atoms with van der Waals surface area (Å²) >= 11 is 0. The quantitative estimate of drug-likeness (QED) is 0.644. The lowest BCUT2D eigenvalue weighted by Gasteiger charge is -2.25. The average Bonchev–Trinajstić information content (AvgIpc) is 3.21. The molecule has 3 aromatic rings. The molecule has 0 unspecified atom stereocenters. The van der Waals surface area contributed by atoms with E-state index < -0.39 is 27.8 Å². The summed E-state index contributed by atoms with van der Waals surface area (Å²) in [5.41, 5.74) is 0.592. The van der Waals surface area contributed by atoms with E-state index in [1.165, 1.54) is 13.4 Å². The van der Waals surface area contributed by atoms with Gasteiger partial charge in [-0.15, -0.1) is 0 Å². The Balaban J connectivity index is 1.82. The van der Waals surface area contributed by atoms with Gasteiger partial charge in [0.05, 0.1) is 16.1 Å². The number of hydrogen-bond acceptors (Lipinski definition) is 4. The fourth-order valence-corrected chi connectivity index (χ4v) is 4.00. The summed E-state index contributed by atoms with van der Waals surface area (Å²) < 4.78 is 66.3. The molecule has 0 amide bonds. The standard InChI is InChI=1S/C18H17F3N4O2S/c1-13(14-3-7-16(8-4-14)25-12-22-11-23-25)24(2)28(26,27)17-9-5-15(6-10-17)18(19,20)21/h3-13H,1-2H3/t13-/m0/s1. The largest absolute Gasteiger partial charge is 0.416 e. The highest BCUT2D eigenvalue weighted by Gasteiger charge is 2.32. The van der Waals surface area contributed by atoms with Gasteiger partial charge < -0.3 is 0 Å². The minimum Gasteiger partial charge on any atom is -0.223 e. The van der Waals surface area contributed by atoms with Crippen molar-refractivity contribution >= 4 is 10.0 Å². The third-order valence-electron chi connectivity index (χ3n) is 4.46. The Labute approximate surface area is 160 Å². The van der Waals surface area contributed by atoms with Crippen LogP contribution in [-0.4, -0.2) is 34.5 Å². The van der Waals surface area contributed by atoms with Crippen molar-refractivity contribution in [1.29, 1.82) is 0 Å². The van der Waals surface area contributed by atoms with Crippen molar-refractivity contribution in [2.45, 2.75) is 24.0 Å². The fraction of sp³-hybridized carbons (Fsp3) is 0.222. The molecule has 28 heavy (non-hydrogen) atoms. The molecule has 0 aliphatic rings. The van der Waals surface area contributed by atoms with E-state index in [1.54, 1.807) is 42.2 Å². The van der Waals surface area contributed by atoms with Crippen LogP contribution in [0.15, 0.2) is 66.1 Å². The number of hydrogen-bond donors (Lipinski definition) is 0. The molecule has 0 saturated heterocycles. The van der Waals surface area contributed by atoms with Crippen molar-refractivity contribution < 1.29 is 21.6 Å². The van der Waals surface area contributed by atoms with Crippen LogP contribution in [0, 0.1) is 0 Å². The Morgan fingerprint density at radius 1 is 1.04 bits per heavy atom. The first-order chi connectivity index (χ1) is 13.1. The van der Waals surface area contributed by atoms with Gasteiger partial charge in [-0.1, -0.05) is 12.1 Å². The van der Waals surface area contributed by atoms with Crippen LogP contribution in [-0.2, 0) is 16.2 Å². The van der Waals surface area contributed by atoms with E-state index in [9.17, 15) is 21.6 Å².